The van der Waals surface area contributed by atoms with E-state index in [9.17, 15) is 4.79 Å². The lowest BCUT2D eigenvalue weighted by molar-refractivity contribution is -0.136. The first-order valence-corrected chi connectivity index (χ1v) is 8.38. The third-order valence-corrected chi connectivity index (χ3v) is 4.72. The van der Waals surface area contributed by atoms with Gasteiger partial charge in [0, 0.05) is 32.1 Å². The number of benzene rings is 1. The SMILES string of the molecule is CCCCC(=O)N1CCN(C2CC2)CC1c1ccccc1. The zero-order chi connectivity index (χ0) is 14.7. The Morgan fingerprint density at radius 1 is 1.19 bits per heavy atom. The van der Waals surface area contributed by atoms with Crippen molar-refractivity contribution >= 4 is 5.91 Å². The molecule has 2 aliphatic rings. The van der Waals surface area contributed by atoms with E-state index in [2.05, 4.69) is 41.0 Å². The maximum atomic E-state index is 12.5. The van der Waals surface area contributed by atoms with Gasteiger partial charge in [-0.15, -0.1) is 0 Å². The second-order valence-electron chi connectivity index (χ2n) is 6.34. The maximum Gasteiger partial charge on any atom is 0.223 e. The van der Waals surface area contributed by atoms with Crippen LogP contribution in [-0.4, -0.2) is 41.4 Å². The second kappa shape index (κ2) is 6.61. The van der Waals surface area contributed by atoms with Crippen LogP contribution in [0, 0.1) is 0 Å². The van der Waals surface area contributed by atoms with E-state index in [0.29, 0.717) is 12.3 Å². The number of unbranched alkanes of at least 4 members (excludes halogenated alkanes) is 1. The van der Waals surface area contributed by atoms with Gasteiger partial charge in [0.1, 0.15) is 0 Å². The Balaban J connectivity index is 1.75. The maximum absolute atomic E-state index is 12.5. The standard InChI is InChI=1S/C18H26N2O/c1-2-3-9-18(21)20-13-12-19(16-10-11-16)14-17(20)15-7-5-4-6-8-15/h4-8,16-17H,2-3,9-14H2,1H3. The topological polar surface area (TPSA) is 23.6 Å². The summed E-state index contributed by atoms with van der Waals surface area (Å²) < 4.78 is 0. The van der Waals surface area contributed by atoms with Gasteiger partial charge in [0.05, 0.1) is 6.04 Å². The number of hydrogen-bond donors (Lipinski definition) is 0. The Morgan fingerprint density at radius 2 is 1.95 bits per heavy atom. The summed E-state index contributed by atoms with van der Waals surface area (Å²) in [4.78, 5) is 17.3. The normalized spacial score (nSPS) is 23.3. The summed E-state index contributed by atoms with van der Waals surface area (Å²) in [5.41, 5.74) is 1.28. The second-order valence-corrected chi connectivity index (χ2v) is 6.34. The molecule has 3 rings (SSSR count). The van der Waals surface area contributed by atoms with Crippen LogP contribution in [-0.2, 0) is 4.79 Å². The average molecular weight is 286 g/mol. The van der Waals surface area contributed by atoms with Crippen molar-refractivity contribution in [2.45, 2.75) is 51.1 Å². The largest absolute Gasteiger partial charge is 0.333 e. The van der Waals surface area contributed by atoms with Crippen LogP contribution in [0.2, 0.25) is 0 Å². The number of carbonyl (C=O) groups excluding carboxylic acids is 1. The molecule has 0 spiro atoms. The minimum atomic E-state index is 0.241. The molecular weight excluding hydrogens is 260 g/mol. The van der Waals surface area contributed by atoms with Gasteiger partial charge in [-0.1, -0.05) is 43.7 Å². The van der Waals surface area contributed by atoms with Gasteiger partial charge in [-0.25, -0.2) is 0 Å². The van der Waals surface area contributed by atoms with Crippen LogP contribution < -0.4 is 0 Å². The van der Waals surface area contributed by atoms with Gasteiger partial charge in [0.2, 0.25) is 5.91 Å². The number of rotatable bonds is 5. The van der Waals surface area contributed by atoms with Crippen LogP contribution in [0.3, 0.4) is 0 Å². The third-order valence-electron chi connectivity index (χ3n) is 4.72. The zero-order valence-corrected chi connectivity index (χ0v) is 13.0. The van der Waals surface area contributed by atoms with E-state index in [-0.39, 0.29) is 6.04 Å². The zero-order valence-electron chi connectivity index (χ0n) is 13.0. The minimum absolute atomic E-state index is 0.241. The lowest BCUT2D eigenvalue weighted by Crippen LogP contribution is -2.51. The summed E-state index contributed by atoms with van der Waals surface area (Å²) in [6, 6.07) is 11.6. The van der Waals surface area contributed by atoms with Crippen molar-refractivity contribution in [3.05, 3.63) is 35.9 Å². The quantitative estimate of drug-likeness (QED) is 0.829. The number of carbonyl (C=O) groups is 1. The molecule has 21 heavy (non-hydrogen) atoms. The first kappa shape index (κ1) is 14.6. The predicted octanol–water partition coefficient (Wildman–Crippen LogP) is 3.22. The molecular formula is C18H26N2O. The molecule has 1 unspecified atom stereocenters. The Labute approximate surface area is 127 Å². The van der Waals surface area contributed by atoms with Crippen LogP contribution in [0.1, 0.15) is 50.6 Å². The van der Waals surface area contributed by atoms with Crippen LogP contribution in [0.25, 0.3) is 0 Å². The summed E-state index contributed by atoms with van der Waals surface area (Å²) in [7, 11) is 0. The Bertz CT molecular complexity index is 469. The van der Waals surface area contributed by atoms with E-state index >= 15 is 0 Å². The van der Waals surface area contributed by atoms with Crippen molar-refractivity contribution in [2.75, 3.05) is 19.6 Å². The highest BCUT2D eigenvalue weighted by Crippen LogP contribution is 2.33. The molecule has 0 bridgehead atoms. The lowest BCUT2D eigenvalue weighted by atomic mass is 10.0. The fraction of sp³-hybridized carbons (Fsp3) is 0.611. The molecule has 1 aromatic rings. The highest BCUT2D eigenvalue weighted by atomic mass is 16.2. The molecule has 0 aromatic heterocycles. The van der Waals surface area contributed by atoms with E-state index < -0.39 is 0 Å². The van der Waals surface area contributed by atoms with Crippen LogP contribution in [0.4, 0.5) is 0 Å². The lowest BCUT2D eigenvalue weighted by Gasteiger charge is -2.42. The summed E-state index contributed by atoms with van der Waals surface area (Å²) in [6.07, 6.45) is 5.47. The van der Waals surface area contributed by atoms with Crippen LogP contribution >= 0.6 is 0 Å². The molecule has 1 aromatic carbocycles. The van der Waals surface area contributed by atoms with Crippen LogP contribution in [0.5, 0.6) is 0 Å². The van der Waals surface area contributed by atoms with E-state index in [4.69, 9.17) is 0 Å². The molecule has 1 heterocycles. The fourth-order valence-electron chi connectivity index (χ4n) is 3.31. The van der Waals surface area contributed by atoms with Crippen molar-refractivity contribution in [3.63, 3.8) is 0 Å². The van der Waals surface area contributed by atoms with Gasteiger partial charge in [0.15, 0.2) is 0 Å². The van der Waals surface area contributed by atoms with E-state index in [1.807, 2.05) is 6.07 Å². The number of hydrogen-bond acceptors (Lipinski definition) is 2. The Kier molecular flexibility index (Phi) is 4.59. The summed E-state index contributed by atoms with van der Waals surface area (Å²) in [6.45, 7) is 5.09. The Morgan fingerprint density at radius 3 is 2.62 bits per heavy atom. The molecule has 1 amide bonds. The average Bonchev–Trinajstić information content (AvgIpc) is 3.38. The molecule has 114 valence electrons. The third kappa shape index (κ3) is 3.46. The van der Waals surface area contributed by atoms with Gasteiger partial charge in [-0.05, 0) is 24.8 Å². The van der Waals surface area contributed by atoms with Gasteiger partial charge >= 0.3 is 0 Å². The van der Waals surface area contributed by atoms with Crippen molar-refractivity contribution in [1.82, 2.24) is 9.80 Å². The number of piperazine rings is 1. The number of amides is 1. The van der Waals surface area contributed by atoms with Crippen molar-refractivity contribution in [2.24, 2.45) is 0 Å². The summed E-state index contributed by atoms with van der Waals surface area (Å²) in [5.74, 6) is 0.334. The van der Waals surface area contributed by atoms with Crippen molar-refractivity contribution in [3.8, 4) is 0 Å². The monoisotopic (exact) mass is 286 g/mol. The molecule has 1 aliphatic heterocycles. The van der Waals surface area contributed by atoms with Crippen LogP contribution in [0.15, 0.2) is 30.3 Å². The number of nitrogens with zero attached hydrogens (tertiary/aromatic N) is 2. The molecule has 1 atom stereocenters. The minimum Gasteiger partial charge on any atom is -0.333 e. The highest BCUT2D eigenvalue weighted by molar-refractivity contribution is 5.76. The van der Waals surface area contributed by atoms with E-state index in [1.54, 1.807) is 0 Å². The molecule has 2 fully saturated rings. The van der Waals surface area contributed by atoms with Crippen molar-refractivity contribution in [1.29, 1.82) is 0 Å². The predicted molar refractivity (Wildman–Crippen MR) is 85.0 cm³/mol. The fourth-order valence-corrected chi connectivity index (χ4v) is 3.31. The summed E-state index contributed by atoms with van der Waals surface area (Å²) in [5, 5.41) is 0. The molecule has 1 aliphatic carbocycles. The Hall–Kier alpha value is -1.35. The molecule has 0 N–H and O–H groups in total. The molecule has 1 saturated carbocycles. The molecule has 0 radical (unpaired) electrons. The van der Waals surface area contributed by atoms with E-state index in [0.717, 1.165) is 38.5 Å². The molecule has 3 heteroatoms. The first-order valence-electron chi connectivity index (χ1n) is 8.38. The highest BCUT2D eigenvalue weighted by Gasteiger charge is 2.37. The van der Waals surface area contributed by atoms with Gasteiger partial charge in [-0.2, -0.15) is 0 Å². The molecule has 1 saturated heterocycles. The smallest absolute Gasteiger partial charge is 0.223 e. The van der Waals surface area contributed by atoms with E-state index in [1.165, 1.54) is 18.4 Å². The molecule has 3 nitrogen and oxygen atoms in total. The van der Waals surface area contributed by atoms with Gasteiger partial charge in [-0.3, -0.25) is 9.69 Å². The first-order chi connectivity index (χ1) is 10.3. The van der Waals surface area contributed by atoms with Gasteiger partial charge in [0.25, 0.3) is 0 Å². The summed E-state index contributed by atoms with van der Waals surface area (Å²) >= 11 is 0. The van der Waals surface area contributed by atoms with Crippen molar-refractivity contribution < 1.29 is 4.79 Å². The van der Waals surface area contributed by atoms with Gasteiger partial charge < -0.3 is 4.90 Å².